The predicted octanol–water partition coefficient (Wildman–Crippen LogP) is 3.19. The number of thiophene rings is 1. The number of fused-ring (bicyclic) bond motifs is 1. The van der Waals surface area contributed by atoms with Crippen molar-refractivity contribution in [2.75, 3.05) is 5.73 Å². The molecule has 0 spiro atoms. The smallest absolute Gasteiger partial charge is 0.263 e. The van der Waals surface area contributed by atoms with Crippen molar-refractivity contribution in [1.29, 1.82) is 0 Å². The Bertz CT molecular complexity index is 637. The van der Waals surface area contributed by atoms with Crippen LogP contribution in [0.3, 0.4) is 0 Å². The van der Waals surface area contributed by atoms with E-state index in [-0.39, 0.29) is 11.9 Å². The van der Waals surface area contributed by atoms with Crippen molar-refractivity contribution in [1.82, 2.24) is 10.3 Å². The third-order valence-corrected chi connectivity index (χ3v) is 5.27. The van der Waals surface area contributed by atoms with E-state index in [1.165, 1.54) is 30.6 Å². The highest BCUT2D eigenvalue weighted by molar-refractivity contribution is 7.21. The summed E-state index contributed by atoms with van der Waals surface area (Å²) in [6.45, 7) is 2.21. The summed E-state index contributed by atoms with van der Waals surface area (Å²) in [5.41, 5.74) is 6.64. The average Bonchev–Trinajstić information content (AvgIpc) is 2.79. The lowest BCUT2D eigenvalue weighted by Gasteiger charge is -2.29. The Kier molecular flexibility index (Phi) is 3.61. The van der Waals surface area contributed by atoms with Gasteiger partial charge in [-0.1, -0.05) is 19.8 Å². The molecule has 1 aliphatic rings. The number of nitrogens with zero attached hydrogens (tertiary/aromatic N) is 1. The molecule has 2 unspecified atom stereocenters. The Balaban J connectivity index is 1.83. The predicted molar refractivity (Wildman–Crippen MR) is 82.9 cm³/mol. The summed E-state index contributed by atoms with van der Waals surface area (Å²) in [6, 6.07) is 4.03. The topological polar surface area (TPSA) is 68.0 Å². The van der Waals surface area contributed by atoms with Crippen LogP contribution >= 0.6 is 11.3 Å². The minimum atomic E-state index is -0.0516. The summed E-state index contributed by atoms with van der Waals surface area (Å²) in [6.07, 6.45) is 6.44. The lowest BCUT2D eigenvalue weighted by atomic mass is 9.86. The first kappa shape index (κ1) is 13.4. The summed E-state index contributed by atoms with van der Waals surface area (Å²) in [7, 11) is 0. The first-order valence-corrected chi connectivity index (χ1v) is 7.92. The number of carbonyl (C=O) groups excluding carboxylic acids is 1. The SMILES string of the molecule is CC1CCCCC1NC(=O)c1sc2ncccc2c1N. The molecule has 106 valence electrons. The highest BCUT2D eigenvalue weighted by Gasteiger charge is 2.25. The van der Waals surface area contributed by atoms with Crippen LogP contribution in [0.2, 0.25) is 0 Å². The molecule has 3 rings (SSSR count). The highest BCUT2D eigenvalue weighted by atomic mass is 32.1. The van der Waals surface area contributed by atoms with Crippen LogP contribution in [0.4, 0.5) is 5.69 Å². The maximum Gasteiger partial charge on any atom is 0.263 e. The van der Waals surface area contributed by atoms with Crippen LogP contribution in [0.25, 0.3) is 10.2 Å². The molecule has 20 heavy (non-hydrogen) atoms. The molecule has 1 saturated carbocycles. The second-order valence-corrected chi connectivity index (χ2v) is 6.54. The zero-order valence-corrected chi connectivity index (χ0v) is 12.4. The van der Waals surface area contributed by atoms with Gasteiger partial charge in [0.2, 0.25) is 0 Å². The fourth-order valence-corrected chi connectivity index (χ4v) is 3.85. The van der Waals surface area contributed by atoms with Crippen molar-refractivity contribution in [3.63, 3.8) is 0 Å². The summed E-state index contributed by atoms with van der Waals surface area (Å²) >= 11 is 1.37. The molecular formula is C15H19N3OS. The van der Waals surface area contributed by atoms with Gasteiger partial charge in [0.1, 0.15) is 9.71 Å². The first-order chi connectivity index (χ1) is 9.66. The van der Waals surface area contributed by atoms with E-state index >= 15 is 0 Å². The van der Waals surface area contributed by atoms with Crippen LogP contribution in [0.1, 0.15) is 42.3 Å². The molecule has 0 bridgehead atoms. The van der Waals surface area contributed by atoms with Crippen LogP contribution in [0, 0.1) is 5.92 Å². The average molecular weight is 289 g/mol. The number of amides is 1. The lowest BCUT2D eigenvalue weighted by molar-refractivity contribution is 0.0915. The molecular weight excluding hydrogens is 270 g/mol. The molecule has 1 aliphatic carbocycles. The minimum absolute atomic E-state index is 0.0516. The van der Waals surface area contributed by atoms with Crippen LogP contribution in [-0.4, -0.2) is 16.9 Å². The van der Waals surface area contributed by atoms with E-state index in [2.05, 4.69) is 17.2 Å². The lowest BCUT2D eigenvalue weighted by Crippen LogP contribution is -2.40. The summed E-state index contributed by atoms with van der Waals surface area (Å²) < 4.78 is 0. The Morgan fingerprint density at radius 2 is 2.25 bits per heavy atom. The van der Waals surface area contributed by atoms with Crippen LogP contribution in [-0.2, 0) is 0 Å². The molecule has 1 amide bonds. The quantitative estimate of drug-likeness (QED) is 0.892. The van der Waals surface area contributed by atoms with Gasteiger partial charge in [-0.05, 0) is 30.9 Å². The van der Waals surface area contributed by atoms with Crippen LogP contribution < -0.4 is 11.1 Å². The zero-order valence-electron chi connectivity index (χ0n) is 11.6. The van der Waals surface area contributed by atoms with Gasteiger partial charge >= 0.3 is 0 Å². The summed E-state index contributed by atoms with van der Waals surface area (Å²) in [4.78, 5) is 18.1. The molecule has 2 atom stereocenters. The first-order valence-electron chi connectivity index (χ1n) is 7.10. The molecule has 2 heterocycles. The zero-order chi connectivity index (χ0) is 14.1. The van der Waals surface area contributed by atoms with E-state index in [9.17, 15) is 4.79 Å². The van der Waals surface area contributed by atoms with E-state index in [0.29, 0.717) is 16.5 Å². The number of nitrogen functional groups attached to an aromatic ring is 1. The number of nitrogens with one attached hydrogen (secondary N) is 1. The van der Waals surface area contributed by atoms with Crippen molar-refractivity contribution >= 4 is 33.1 Å². The molecule has 2 aromatic heterocycles. The van der Waals surface area contributed by atoms with Gasteiger partial charge in [-0.25, -0.2) is 4.98 Å². The second kappa shape index (κ2) is 5.40. The largest absolute Gasteiger partial charge is 0.397 e. The Morgan fingerprint density at radius 3 is 3.00 bits per heavy atom. The van der Waals surface area contributed by atoms with Crippen molar-refractivity contribution in [3.05, 3.63) is 23.2 Å². The van der Waals surface area contributed by atoms with Gasteiger partial charge in [-0.2, -0.15) is 0 Å². The molecule has 3 N–H and O–H groups in total. The summed E-state index contributed by atoms with van der Waals surface area (Å²) in [5, 5.41) is 4.02. The second-order valence-electron chi connectivity index (χ2n) is 5.54. The van der Waals surface area contributed by atoms with Gasteiger partial charge in [0.25, 0.3) is 5.91 Å². The fourth-order valence-electron chi connectivity index (χ4n) is 2.88. The highest BCUT2D eigenvalue weighted by Crippen LogP contribution is 2.32. The fraction of sp³-hybridized carbons (Fsp3) is 0.467. The maximum absolute atomic E-state index is 12.4. The van der Waals surface area contributed by atoms with Crippen molar-refractivity contribution in [3.8, 4) is 0 Å². The van der Waals surface area contributed by atoms with Gasteiger partial charge in [0.15, 0.2) is 0 Å². The van der Waals surface area contributed by atoms with Crippen LogP contribution in [0.15, 0.2) is 18.3 Å². The number of carbonyl (C=O) groups is 1. The van der Waals surface area contributed by atoms with Crippen molar-refractivity contribution < 1.29 is 4.79 Å². The molecule has 2 aromatic rings. The molecule has 0 saturated heterocycles. The number of rotatable bonds is 2. The number of aromatic nitrogens is 1. The van der Waals surface area contributed by atoms with Crippen molar-refractivity contribution in [2.24, 2.45) is 5.92 Å². The summed E-state index contributed by atoms with van der Waals surface area (Å²) in [5.74, 6) is 0.491. The van der Waals surface area contributed by atoms with E-state index in [4.69, 9.17) is 5.73 Å². The standard InChI is InChI=1S/C15H19N3OS/c1-9-5-2-3-7-11(9)18-14(19)13-12(16)10-6-4-8-17-15(10)20-13/h4,6,8-9,11H,2-3,5,7,16H2,1H3,(H,18,19). The Morgan fingerprint density at radius 1 is 1.45 bits per heavy atom. The number of nitrogens with two attached hydrogens (primary N) is 1. The Labute approximate surface area is 122 Å². The van der Waals surface area contributed by atoms with Gasteiger partial charge in [0, 0.05) is 17.6 Å². The van der Waals surface area contributed by atoms with E-state index < -0.39 is 0 Å². The van der Waals surface area contributed by atoms with E-state index in [1.54, 1.807) is 6.20 Å². The molecule has 4 nitrogen and oxygen atoms in total. The van der Waals surface area contributed by atoms with Gasteiger partial charge in [-0.3, -0.25) is 4.79 Å². The number of pyridine rings is 1. The number of anilines is 1. The maximum atomic E-state index is 12.4. The molecule has 0 aromatic carbocycles. The third kappa shape index (κ3) is 2.38. The van der Waals surface area contributed by atoms with Gasteiger partial charge in [-0.15, -0.1) is 11.3 Å². The van der Waals surface area contributed by atoms with E-state index in [0.717, 1.165) is 16.6 Å². The molecule has 0 aliphatic heterocycles. The third-order valence-electron chi connectivity index (χ3n) is 4.14. The number of hydrogen-bond acceptors (Lipinski definition) is 4. The monoisotopic (exact) mass is 289 g/mol. The molecule has 5 heteroatoms. The molecule has 1 fully saturated rings. The minimum Gasteiger partial charge on any atom is -0.397 e. The normalized spacial score (nSPS) is 22.9. The number of hydrogen-bond donors (Lipinski definition) is 2. The Hall–Kier alpha value is -1.62. The van der Waals surface area contributed by atoms with Gasteiger partial charge < -0.3 is 11.1 Å². The van der Waals surface area contributed by atoms with Crippen LogP contribution in [0.5, 0.6) is 0 Å². The van der Waals surface area contributed by atoms with Gasteiger partial charge in [0.05, 0.1) is 5.69 Å². The van der Waals surface area contributed by atoms with E-state index in [1.807, 2.05) is 12.1 Å². The van der Waals surface area contributed by atoms with Crippen molar-refractivity contribution in [2.45, 2.75) is 38.6 Å². The molecule has 0 radical (unpaired) electrons.